The number of thiophene rings is 1. The monoisotopic (exact) mass is 351 g/mol. The second-order valence-electron chi connectivity index (χ2n) is 6.76. The van der Waals surface area contributed by atoms with Crippen LogP contribution in [0.15, 0.2) is 41.8 Å². The summed E-state index contributed by atoms with van der Waals surface area (Å²) in [4.78, 5) is 15.9. The highest BCUT2D eigenvalue weighted by Crippen LogP contribution is 2.27. The molecule has 3 saturated heterocycles. The van der Waals surface area contributed by atoms with Crippen LogP contribution in [-0.4, -0.2) is 65.1 Å². The van der Waals surface area contributed by atoms with Crippen LogP contribution in [0.1, 0.15) is 0 Å². The average Bonchev–Trinajstić information content (AvgIpc) is 3.22. The van der Waals surface area contributed by atoms with E-state index < -0.39 is 0 Å². The van der Waals surface area contributed by atoms with Crippen molar-refractivity contribution < 1.29 is 0 Å². The zero-order valence-electron chi connectivity index (χ0n) is 14.1. The number of fused-ring (bicyclic) bond motifs is 4. The lowest BCUT2D eigenvalue weighted by Crippen LogP contribution is -2.62. The first-order valence-corrected chi connectivity index (χ1v) is 9.76. The molecule has 0 radical (unpaired) electrons. The number of hydrogen-bond donors (Lipinski definition) is 1. The van der Waals surface area contributed by atoms with Gasteiger partial charge in [-0.25, -0.2) is 9.97 Å². The maximum atomic E-state index is 4.85. The first kappa shape index (κ1) is 15.3. The van der Waals surface area contributed by atoms with Crippen molar-refractivity contribution in [2.24, 2.45) is 0 Å². The number of anilines is 1. The molecule has 3 aromatic rings. The third-order valence-electron chi connectivity index (χ3n) is 5.24. The van der Waals surface area contributed by atoms with Gasteiger partial charge >= 0.3 is 0 Å². The van der Waals surface area contributed by atoms with Crippen molar-refractivity contribution in [1.29, 1.82) is 0 Å². The lowest BCUT2D eigenvalue weighted by atomic mass is 10.1. The van der Waals surface area contributed by atoms with Crippen LogP contribution in [0.25, 0.3) is 21.6 Å². The number of aromatic nitrogens is 2. The summed E-state index contributed by atoms with van der Waals surface area (Å²) >= 11 is 1.68. The zero-order valence-corrected chi connectivity index (χ0v) is 14.9. The maximum Gasteiger partial charge on any atom is 0.172 e. The topological polar surface area (TPSA) is 44.3 Å². The Labute approximate surface area is 151 Å². The van der Waals surface area contributed by atoms with Crippen LogP contribution in [0.2, 0.25) is 0 Å². The van der Waals surface area contributed by atoms with Gasteiger partial charge in [-0.3, -0.25) is 9.80 Å². The fourth-order valence-corrected chi connectivity index (χ4v) is 4.52. The van der Waals surface area contributed by atoms with E-state index in [0.717, 1.165) is 40.5 Å². The van der Waals surface area contributed by atoms with E-state index in [1.54, 1.807) is 11.3 Å². The van der Waals surface area contributed by atoms with Gasteiger partial charge in [-0.2, -0.15) is 0 Å². The Morgan fingerprint density at radius 1 is 1.04 bits per heavy atom. The fraction of sp³-hybridized carbons (Fsp3) is 0.368. The van der Waals surface area contributed by atoms with E-state index in [2.05, 4.69) is 44.8 Å². The van der Waals surface area contributed by atoms with Crippen LogP contribution in [0.5, 0.6) is 0 Å². The molecule has 0 aliphatic carbocycles. The minimum Gasteiger partial charge on any atom is -0.368 e. The number of nitrogens with one attached hydrogen (secondary N) is 1. The summed E-state index contributed by atoms with van der Waals surface area (Å²) in [5.41, 5.74) is 0.998. The second kappa shape index (κ2) is 6.37. The van der Waals surface area contributed by atoms with Gasteiger partial charge < -0.3 is 5.32 Å². The van der Waals surface area contributed by atoms with Gasteiger partial charge in [0.1, 0.15) is 5.82 Å². The van der Waals surface area contributed by atoms with Crippen molar-refractivity contribution in [3.05, 3.63) is 41.8 Å². The smallest absolute Gasteiger partial charge is 0.172 e. The Morgan fingerprint density at radius 2 is 1.92 bits per heavy atom. The Bertz CT molecular complexity index is 871. The number of benzene rings is 1. The van der Waals surface area contributed by atoms with Crippen LogP contribution in [0, 0.1) is 0 Å². The van der Waals surface area contributed by atoms with Gasteiger partial charge in [0.2, 0.25) is 0 Å². The summed E-state index contributed by atoms with van der Waals surface area (Å²) < 4.78 is 0. The lowest BCUT2D eigenvalue weighted by Gasteiger charge is -2.47. The van der Waals surface area contributed by atoms with Crippen molar-refractivity contribution >= 4 is 28.1 Å². The predicted molar refractivity (Wildman–Crippen MR) is 103 cm³/mol. The first-order valence-electron chi connectivity index (χ1n) is 8.88. The molecular weight excluding hydrogens is 330 g/mol. The quantitative estimate of drug-likeness (QED) is 0.783. The molecule has 3 fully saturated rings. The van der Waals surface area contributed by atoms with Gasteiger partial charge in [-0.1, -0.05) is 18.2 Å². The highest BCUT2D eigenvalue weighted by Gasteiger charge is 2.31. The van der Waals surface area contributed by atoms with Gasteiger partial charge in [0.05, 0.1) is 10.4 Å². The molecule has 1 N–H and O–H groups in total. The van der Waals surface area contributed by atoms with Crippen LogP contribution in [0.3, 0.4) is 0 Å². The molecule has 0 spiro atoms. The number of hydrogen-bond acceptors (Lipinski definition) is 6. The molecule has 6 heteroatoms. The Balaban J connectivity index is 1.45. The summed E-state index contributed by atoms with van der Waals surface area (Å²) in [6, 6.07) is 13.0. The molecular formula is C19H21N5S. The second-order valence-corrected chi connectivity index (χ2v) is 7.71. The van der Waals surface area contributed by atoms with Crippen molar-refractivity contribution in [2.45, 2.75) is 6.04 Å². The summed E-state index contributed by atoms with van der Waals surface area (Å²) in [6.07, 6.45) is 0. The van der Waals surface area contributed by atoms with Crippen LogP contribution >= 0.6 is 11.3 Å². The van der Waals surface area contributed by atoms with E-state index >= 15 is 0 Å². The molecule has 1 atom stereocenters. The minimum atomic E-state index is 0.571. The largest absolute Gasteiger partial charge is 0.368 e. The van der Waals surface area contributed by atoms with Gasteiger partial charge in [-0.15, -0.1) is 11.3 Å². The lowest BCUT2D eigenvalue weighted by molar-refractivity contribution is 0.0189. The Morgan fingerprint density at radius 3 is 2.68 bits per heavy atom. The van der Waals surface area contributed by atoms with Crippen molar-refractivity contribution in [3.63, 3.8) is 0 Å². The highest BCUT2D eigenvalue weighted by atomic mass is 32.1. The normalized spacial score (nSPS) is 25.4. The summed E-state index contributed by atoms with van der Waals surface area (Å²) in [5, 5.41) is 6.80. The third-order valence-corrected chi connectivity index (χ3v) is 6.11. The van der Waals surface area contributed by atoms with E-state index in [-0.39, 0.29) is 0 Å². The molecule has 2 bridgehead atoms. The Hall–Kier alpha value is -2.02. The molecule has 5 heterocycles. The summed E-state index contributed by atoms with van der Waals surface area (Å²) in [7, 11) is 0. The molecule has 3 aliphatic heterocycles. The van der Waals surface area contributed by atoms with Gasteiger partial charge in [0.25, 0.3) is 0 Å². The van der Waals surface area contributed by atoms with E-state index in [0.29, 0.717) is 6.04 Å². The number of para-hydroxylation sites is 1. The number of piperazine rings is 3. The first-order chi connectivity index (χ1) is 12.4. The predicted octanol–water partition coefficient (Wildman–Crippen LogP) is 2.77. The minimum absolute atomic E-state index is 0.571. The van der Waals surface area contributed by atoms with Gasteiger partial charge in [-0.05, 0) is 23.6 Å². The van der Waals surface area contributed by atoms with Crippen LogP contribution in [-0.2, 0) is 0 Å². The van der Waals surface area contributed by atoms with E-state index in [1.165, 1.54) is 26.2 Å². The SMILES string of the molecule is c1csc(-c2nc(NCC3CN4CCN3CC4)c3ccccc3n2)c1. The molecule has 5 nitrogen and oxygen atoms in total. The molecule has 128 valence electrons. The zero-order chi connectivity index (χ0) is 16.6. The third kappa shape index (κ3) is 2.90. The molecule has 1 aromatic carbocycles. The molecule has 0 saturated carbocycles. The number of nitrogens with zero attached hydrogens (tertiary/aromatic N) is 4. The van der Waals surface area contributed by atoms with Gasteiger partial charge in [0.15, 0.2) is 5.82 Å². The van der Waals surface area contributed by atoms with Crippen molar-refractivity contribution in [3.8, 4) is 10.7 Å². The van der Waals surface area contributed by atoms with E-state index in [4.69, 9.17) is 9.97 Å². The van der Waals surface area contributed by atoms with Crippen LogP contribution < -0.4 is 5.32 Å². The Kier molecular flexibility index (Phi) is 3.88. The number of rotatable bonds is 4. The standard InChI is InChI=1S/C19H21N5S/c1-2-5-16-15(4-1)18(22-19(21-16)17-6-3-11-25-17)20-12-14-13-23-7-9-24(14)10-8-23/h1-6,11,14H,7-10,12-13H2,(H,20,21,22). The fourth-order valence-electron chi connectivity index (χ4n) is 3.86. The average molecular weight is 351 g/mol. The summed E-state index contributed by atoms with van der Waals surface area (Å²) in [5.74, 6) is 1.76. The van der Waals surface area contributed by atoms with Crippen molar-refractivity contribution in [2.75, 3.05) is 44.6 Å². The van der Waals surface area contributed by atoms with E-state index in [9.17, 15) is 0 Å². The van der Waals surface area contributed by atoms with E-state index in [1.807, 2.05) is 12.1 Å². The van der Waals surface area contributed by atoms with Crippen molar-refractivity contribution in [1.82, 2.24) is 19.8 Å². The maximum absolute atomic E-state index is 4.85. The molecule has 1 unspecified atom stereocenters. The molecule has 3 aliphatic rings. The highest BCUT2D eigenvalue weighted by molar-refractivity contribution is 7.13. The molecule has 25 heavy (non-hydrogen) atoms. The molecule has 2 aromatic heterocycles. The summed E-state index contributed by atoms with van der Waals surface area (Å²) in [6.45, 7) is 6.91. The van der Waals surface area contributed by atoms with Crippen LogP contribution in [0.4, 0.5) is 5.82 Å². The van der Waals surface area contributed by atoms with Gasteiger partial charge in [0, 0.05) is 50.7 Å². The molecule has 0 amide bonds. The molecule has 6 rings (SSSR count).